The molecule has 0 spiro atoms. The number of benzene rings is 2. The van der Waals surface area contributed by atoms with Crippen molar-refractivity contribution in [3.63, 3.8) is 0 Å². The predicted octanol–water partition coefficient (Wildman–Crippen LogP) is 2.85. The molecule has 6 heteroatoms. The van der Waals surface area contributed by atoms with Gasteiger partial charge in [0.25, 0.3) is 10.1 Å². The maximum Gasteiger partial charge on any atom is 0.295 e. The molecule has 0 unspecified atom stereocenters. The summed E-state index contributed by atoms with van der Waals surface area (Å²) in [6.07, 6.45) is 2.99. The van der Waals surface area contributed by atoms with E-state index in [1.807, 2.05) is 0 Å². The summed E-state index contributed by atoms with van der Waals surface area (Å²) in [4.78, 5) is 3.78. The van der Waals surface area contributed by atoms with Crippen LogP contribution < -0.4 is 0 Å². The van der Waals surface area contributed by atoms with Crippen LogP contribution in [0.25, 0.3) is 21.9 Å². The van der Waals surface area contributed by atoms with Crippen LogP contribution >= 0.6 is 0 Å². The normalized spacial score (nSPS) is 11.7. The maximum absolute atomic E-state index is 11.6. The molecule has 0 bridgehead atoms. The molecule has 0 radical (unpaired) electrons. The molecular formula is C15H11NO4S. The van der Waals surface area contributed by atoms with Crippen molar-refractivity contribution >= 4 is 20.9 Å². The van der Waals surface area contributed by atoms with E-state index in [1.54, 1.807) is 18.2 Å². The SMILES string of the molecule is O=S(=O)(O)c1cc(-c2cccc(O)c2)cc2cnccc12. The molecule has 106 valence electrons. The first-order valence-electron chi connectivity index (χ1n) is 6.10. The number of phenols is 1. The van der Waals surface area contributed by atoms with Gasteiger partial charge in [0.15, 0.2) is 0 Å². The van der Waals surface area contributed by atoms with Crippen molar-refractivity contribution in [1.82, 2.24) is 4.98 Å². The highest BCUT2D eigenvalue weighted by atomic mass is 32.2. The van der Waals surface area contributed by atoms with Gasteiger partial charge in [0.05, 0.1) is 0 Å². The summed E-state index contributed by atoms with van der Waals surface area (Å²) < 4.78 is 32.6. The van der Waals surface area contributed by atoms with Crippen LogP contribution in [0, 0.1) is 0 Å². The molecule has 0 saturated heterocycles. The minimum atomic E-state index is -4.36. The highest BCUT2D eigenvalue weighted by Gasteiger charge is 2.16. The van der Waals surface area contributed by atoms with E-state index in [2.05, 4.69) is 4.98 Å². The van der Waals surface area contributed by atoms with Crippen molar-refractivity contribution in [2.24, 2.45) is 0 Å². The minimum Gasteiger partial charge on any atom is -0.508 e. The van der Waals surface area contributed by atoms with E-state index in [1.165, 1.54) is 36.7 Å². The number of aromatic nitrogens is 1. The Bertz CT molecular complexity index is 935. The quantitative estimate of drug-likeness (QED) is 0.711. The number of nitrogens with zero attached hydrogens (tertiary/aromatic N) is 1. The van der Waals surface area contributed by atoms with Crippen LogP contribution in [-0.4, -0.2) is 23.1 Å². The van der Waals surface area contributed by atoms with Gasteiger partial charge in [-0.1, -0.05) is 12.1 Å². The molecule has 0 fully saturated rings. The van der Waals surface area contributed by atoms with Crippen molar-refractivity contribution < 1.29 is 18.1 Å². The number of hydrogen-bond acceptors (Lipinski definition) is 4. The van der Waals surface area contributed by atoms with Gasteiger partial charge in [-0.2, -0.15) is 8.42 Å². The van der Waals surface area contributed by atoms with Crippen LogP contribution in [0.15, 0.2) is 59.8 Å². The Balaban J connectivity index is 2.36. The molecule has 0 saturated carbocycles. The first-order chi connectivity index (χ1) is 9.95. The van der Waals surface area contributed by atoms with Crippen molar-refractivity contribution in [3.05, 3.63) is 54.9 Å². The summed E-state index contributed by atoms with van der Waals surface area (Å²) in [5.41, 5.74) is 1.21. The second-order valence-electron chi connectivity index (χ2n) is 4.60. The highest BCUT2D eigenvalue weighted by Crippen LogP contribution is 2.31. The Hall–Kier alpha value is -2.44. The van der Waals surface area contributed by atoms with Crippen LogP contribution in [0.5, 0.6) is 5.75 Å². The fourth-order valence-corrected chi connectivity index (χ4v) is 2.98. The maximum atomic E-state index is 11.6. The summed E-state index contributed by atoms with van der Waals surface area (Å²) in [5.74, 6) is 0.0761. The number of pyridine rings is 1. The summed E-state index contributed by atoms with van der Waals surface area (Å²) in [6.45, 7) is 0. The summed E-state index contributed by atoms with van der Waals surface area (Å²) in [6, 6.07) is 11.1. The van der Waals surface area contributed by atoms with E-state index >= 15 is 0 Å². The standard InChI is InChI=1S/C15H11NO4S/c17-13-3-1-2-10(7-13)11-6-12-9-16-5-4-14(12)15(8-11)21(18,19)20/h1-9,17H,(H,18,19,20). The Morgan fingerprint density at radius 1 is 1.00 bits per heavy atom. The fraction of sp³-hybridized carbons (Fsp3) is 0. The van der Waals surface area contributed by atoms with Crippen molar-refractivity contribution in [1.29, 1.82) is 0 Å². The van der Waals surface area contributed by atoms with Crippen molar-refractivity contribution in [2.45, 2.75) is 4.90 Å². The van der Waals surface area contributed by atoms with Crippen LogP contribution in [0.4, 0.5) is 0 Å². The summed E-state index contributed by atoms with van der Waals surface area (Å²) in [7, 11) is -4.36. The summed E-state index contributed by atoms with van der Waals surface area (Å²) >= 11 is 0. The smallest absolute Gasteiger partial charge is 0.295 e. The van der Waals surface area contributed by atoms with Crippen molar-refractivity contribution in [3.8, 4) is 16.9 Å². The predicted molar refractivity (Wildman–Crippen MR) is 78.7 cm³/mol. The average Bonchev–Trinajstić information content (AvgIpc) is 2.45. The molecule has 3 aromatic rings. The van der Waals surface area contributed by atoms with Crippen LogP contribution in [-0.2, 0) is 10.1 Å². The highest BCUT2D eigenvalue weighted by molar-refractivity contribution is 7.86. The molecule has 0 amide bonds. The van der Waals surface area contributed by atoms with Gasteiger partial charge in [-0.3, -0.25) is 9.54 Å². The number of phenolic OH excluding ortho intramolecular Hbond substituents is 1. The lowest BCUT2D eigenvalue weighted by atomic mass is 10.0. The van der Waals surface area contributed by atoms with Gasteiger partial charge in [0, 0.05) is 23.2 Å². The van der Waals surface area contributed by atoms with E-state index in [-0.39, 0.29) is 10.6 Å². The molecule has 1 aromatic heterocycles. The molecule has 0 aliphatic heterocycles. The summed E-state index contributed by atoms with van der Waals surface area (Å²) in [5, 5.41) is 10.5. The van der Waals surface area contributed by atoms with Gasteiger partial charge >= 0.3 is 0 Å². The van der Waals surface area contributed by atoms with Gasteiger partial charge in [0.2, 0.25) is 0 Å². The third-order valence-electron chi connectivity index (χ3n) is 3.17. The van der Waals surface area contributed by atoms with E-state index < -0.39 is 10.1 Å². The third kappa shape index (κ3) is 2.58. The zero-order valence-corrected chi connectivity index (χ0v) is 11.6. The lowest BCUT2D eigenvalue weighted by Gasteiger charge is -2.08. The second kappa shape index (κ2) is 4.83. The molecular weight excluding hydrogens is 290 g/mol. The Labute approximate surface area is 121 Å². The molecule has 3 rings (SSSR count). The zero-order valence-electron chi connectivity index (χ0n) is 10.8. The van der Waals surface area contributed by atoms with Crippen LogP contribution in [0.3, 0.4) is 0 Å². The Kier molecular flexibility index (Phi) is 3.12. The molecule has 2 aromatic carbocycles. The van der Waals surface area contributed by atoms with E-state index in [9.17, 15) is 18.1 Å². The van der Waals surface area contributed by atoms with Gasteiger partial charge in [0.1, 0.15) is 10.6 Å². The van der Waals surface area contributed by atoms with Crippen LogP contribution in [0.1, 0.15) is 0 Å². The third-order valence-corrected chi connectivity index (χ3v) is 4.07. The first-order valence-corrected chi connectivity index (χ1v) is 7.54. The average molecular weight is 301 g/mol. The molecule has 0 atom stereocenters. The monoisotopic (exact) mass is 301 g/mol. The number of fused-ring (bicyclic) bond motifs is 1. The largest absolute Gasteiger partial charge is 0.508 e. The van der Waals surface area contributed by atoms with Gasteiger partial charge in [-0.25, -0.2) is 0 Å². The first kappa shape index (κ1) is 13.5. The molecule has 5 nitrogen and oxygen atoms in total. The van der Waals surface area contributed by atoms with E-state index in [0.29, 0.717) is 21.9 Å². The van der Waals surface area contributed by atoms with Gasteiger partial charge < -0.3 is 5.11 Å². The molecule has 21 heavy (non-hydrogen) atoms. The Morgan fingerprint density at radius 3 is 2.52 bits per heavy atom. The molecule has 1 heterocycles. The molecule has 2 N–H and O–H groups in total. The molecule has 0 aliphatic rings. The molecule has 0 aliphatic carbocycles. The number of rotatable bonds is 2. The van der Waals surface area contributed by atoms with Crippen molar-refractivity contribution in [2.75, 3.05) is 0 Å². The minimum absolute atomic E-state index is 0.0761. The second-order valence-corrected chi connectivity index (χ2v) is 5.99. The fourth-order valence-electron chi connectivity index (χ4n) is 2.24. The number of hydrogen-bond donors (Lipinski definition) is 2. The lowest BCUT2D eigenvalue weighted by Crippen LogP contribution is -2.00. The van der Waals surface area contributed by atoms with Gasteiger partial charge in [-0.15, -0.1) is 0 Å². The van der Waals surface area contributed by atoms with Crippen LogP contribution in [0.2, 0.25) is 0 Å². The van der Waals surface area contributed by atoms with Gasteiger partial charge in [-0.05, 0) is 41.5 Å². The Morgan fingerprint density at radius 2 is 1.81 bits per heavy atom. The lowest BCUT2D eigenvalue weighted by molar-refractivity contribution is 0.475. The zero-order chi connectivity index (χ0) is 15.0. The topological polar surface area (TPSA) is 87.5 Å². The van der Waals surface area contributed by atoms with E-state index in [4.69, 9.17) is 0 Å². The van der Waals surface area contributed by atoms with E-state index in [0.717, 1.165) is 0 Å². The number of aromatic hydroxyl groups is 1.